The third kappa shape index (κ3) is 7.26. The van der Waals surface area contributed by atoms with E-state index in [0.717, 1.165) is 19.3 Å². The Labute approximate surface area is 69.3 Å². The Hall–Kier alpha value is -0.630. The number of hydrogen-bond donors (Lipinski definition) is 1. The molecule has 0 saturated heterocycles. The number of aliphatic hydroxyl groups is 1. The van der Waals surface area contributed by atoms with Gasteiger partial charge in [0.2, 0.25) is 0 Å². The largest absolute Gasteiger partial charge is 0.389 e. The van der Waals surface area contributed by atoms with Crippen molar-refractivity contribution in [2.75, 3.05) is 0 Å². The van der Waals surface area contributed by atoms with Crippen LogP contribution in [0.4, 0.5) is 0 Å². The first kappa shape index (κ1) is 8.47. The van der Waals surface area contributed by atoms with Gasteiger partial charge in [0.15, 0.2) is 0 Å². The monoisotopic (exact) mass is 158 g/mol. The lowest BCUT2D eigenvalue weighted by Gasteiger charge is -2.02. The molecule has 1 N–H and O–H groups in total. The van der Waals surface area contributed by atoms with Gasteiger partial charge in [0.05, 0.1) is 6.10 Å². The molecule has 0 spiro atoms. The molecule has 0 bridgehead atoms. The summed E-state index contributed by atoms with van der Waals surface area (Å²) in [6, 6.07) is 0. The Morgan fingerprint density at radius 1 is 1.64 bits per heavy atom. The number of allylic oxidation sites excluding steroid dienone is 1. The molecule has 2 nitrogen and oxygen atoms in total. The molecule has 0 aliphatic rings. The molecule has 0 aromatic rings. The number of aldehydes is 1. The molecule has 11 heavy (non-hydrogen) atoms. The minimum absolute atomic E-state index is 0.459. The van der Waals surface area contributed by atoms with E-state index in [0.29, 0.717) is 19.6 Å². The van der Waals surface area contributed by atoms with Crippen LogP contribution >= 0.6 is 0 Å². The molecular weight excluding hydrogens is 140 g/mol. The number of carbonyl (C=O) groups is 1. The van der Waals surface area contributed by atoms with Gasteiger partial charge >= 0.3 is 0 Å². The summed E-state index contributed by atoms with van der Waals surface area (Å²) in [4.78, 5) is 9.86. The fourth-order valence-electron chi connectivity index (χ4n) is 0.800. The van der Waals surface area contributed by atoms with Gasteiger partial charge in [-0.05, 0) is 12.5 Å². The standard InChI is InChI=1S/C9H16O2/c1-2-3-4-6-9(11)7-5-8-10/h5,7-9,11H,2-4,6H2,1H3/b7-5+/i1T. The third-order valence-corrected chi connectivity index (χ3v) is 1.41. The van der Waals surface area contributed by atoms with Gasteiger partial charge in [-0.1, -0.05) is 32.2 Å². The zero-order valence-corrected chi connectivity index (χ0v) is 6.70. The molecule has 0 amide bonds. The van der Waals surface area contributed by atoms with Crippen molar-refractivity contribution >= 4 is 6.29 Å². The minimum Gasteiger partial charge on any atom is -0.389 e. The van der Waals surface area contributed by atoms with Gasteiger partial charge in [-0.25, -0.2) is 0 Å². The predicted octanol–water partition coefficient (Wildman–Crippen LogP) is 1.68. The van der Waals surface area contributed by atoms with Gasteiger partial charge in [0, 0.05) is 1.37 Å². The van der Waals surface area contributed by atoms with E-state index < -0.39 is 6.10 Å². The third-order valence-electron chi connectivity index (χ3n) is 1.41. The first-order valence-corrected chi connectivity index (χ1v) is 3.90. The van der Waals surface area contributed by atoms with Crippen LogP contribution in [0.2, 0.25) is 0 Å². The van der Waals surface area contributed by atoms with Gasteiger partial charge < -0.3 is 5.11 Å². The second-order valence-corrected chi connectivity index (χ2v) is 2.44. The molecule has 0 aromatic heterocycles. The van der Waals surface area contributed by atoms with Crippen LogP contribution in [0.15, 0.2) is 12.2 Å². The number of unbranched alkanes of at least 4 members (excludes halogenated alkanes) is 2. The molecule has 0 saturated carbocycles. The van der Waals surface area contributed by atoms with E-state index in [1.165, 1.54) is 12.2 Å². The Morgan fingerprint density at radius 2 is 2.45 bits per heavy atom. The zero-order valence-electron chi connectivity index (χ0n) is 7.70. The van der Waals surface area contributed by atoms with Crippen molar-refractivity contribution in [3.63, 3.8) is 0 Å². The highest BCUT2D eigenvalue weighted by atomic mass is 16.3. The molecule has 2 heteroatoms. The SMILES string of the molecule is [3H]CCCCCC(O)/C=C/C=O. The fraction of sp³-hybridized carbons (Fsp3) is 0.667. The summed E-state index contributed by atoms with van der Waals surface area (Å²) in [5, 5.41) is 9.19. The maximum atomic E-state index is 9.86. The van der Waals surface area contributed by atoms with E-state index in [1.807, 2.05) is 0 Å². The van der Waals surface area contributed by atoms with Crippen molar-refractivity contribution < 1.29 is 11.3 Å². The van der Waals surface area contributed by atoms with Crippen LogP contribution in [0.1, 0.15) is 34.0 Å². The van der Waals surface area contributed by atoms with Gasteiger partial charge in [0.25, 0.3) is 0 Å². The molecule has 0 radical (unpaired) electrons. The quantitative estimate of drug-likeness (QED) is 0.363. The Bertz CT molecular complexity index is 134. The summed E-state index contributed by atoms with van der Waals surface area (Å²) in [7, 11) is 0. The van der Waals surface area contributed by atoms with Crippen LogP contribution in [0.3, 0.4) is 0 Å². The van der Waals surface area contributed by atoms with Crippen LogP contribution in [0.25, 0.3) is 0 Å². The summed E-state index contributed by atoms with van der Waals surface area (Å²) < 4.78 is 6.88. The zero-order chi connectivity index (χ0) is 9.23. The Balaban J connectivity index is 3.24. The highest BCUT2D eigenvalue weighted by molar-refractivity contribution is 5.64. The van der Waals surface area contributed by atoms with Crippen molar-refractivity contribution in [3.05, 3.63) is 12.2 Å². The van der Waals surface area contributed by atoms with Crippen LogP contribution in [-0.2, 0) is 4.79 Å². The number of carbonyl (C=O) groups excluding carboxylic acids is 1. The van der Waals surface area contributed by atoms with Crippen molar-refractivity contribution in [2.24, 2.45) is 0 Å². The fourth-order valence-corrected chi connectivity index (χ4v) is 0.800. The summed E-state index contributed by atoms with van der Waals surface area (Å²) >= 11 is 0. The van der Waals surface area contributed by atoms with Crippen LogP contribution < -0.4 is 0 Å². The summed E-state index contributed by atoms with van der Waals surface area (Å²) in [5.74, 6) is 0. The van der Waals surface area contributed by atoms with Crippen LogP contribution in [-0.4, -0.2) is 17.5 Å². The van der Waals surface area contributed by atoms with Crippen LogP contribution in [0.5, 0.6) is 0 Å². The maximum Gasteiger partial charge on any atom is 0.142 e. The van der Waals surface area contributed by atoms with Gasteiger partial charge in [-0.3, -0.25) is 4.79 Å². The topological polar surface area (TPSA) is 37.3 Å². The molecule has 0 aliphatic heterocycles. The highest BCUT2D eigenvalue weighted by Gasteiger charge is 1.96. The molecule has 0 rings (SSSR count). The van der Waals surface area contributed by atoms with Crippen molar-refractivity contribution in [3.8, 4) is 0 Å². The minimum atomic E-state index is -0.499. The first-order valence-electron chi connectivity index (χ1n) is 4.61. The number of hydrogen-bond acceptors (Lipinski definition) is 2. The Morgan fingerprint density at radius 3 is 3.09 bits per heavy atom. The van der Waals surface area contributed by atoms with E-state index >= 15 is 0 Å². The lowest BCUT2D eigenvalue weighted by atomic mass is 10.1. The lowest BCUT2D eigenvalue weighted by molar-refractivity contribution is -0.104. The van der Waals surface area contributed by atoms with E-state index in [9.17, 15) is 9.90 Å². The number of rotatable bonds is 6. The maximum absolute atomic E-state index is 9.86. The summed E-state index contributed by atoms with van der Waals surface area (Å²) in [5.41, 5.74) is 0. The second kappa shape index (κ2) is 7.48. The molecule has 1 unspecified atom stereocenters. The number of aliphatic hydroxyl groups excluding tert-OH is 1. The van der Waals surface area contributed by atoms with Gasteiger partial charge in [-0.2, -0.15) is 0 Å². The van der Waals surface area contributed by atoms with Crippen molar-refractivity contribution in [2.45, 2.75) is 38.7 Å². The lowest BCUT2D eigenvalue weighted by Crippen LogP contribution is -2.01. The van der Waals surface area contributed by atoms with E-state index in [2.05, 4.69) is 0 Å². The molecular formula is C9H16O2. The Kier molecular flexibility index (Phi) is 5.75. The van der Waals surface area contributed by atoms with Crippen molar-refractivity contribution in [1.29, 1.82) is 0 Å². The van der Waals surface area contributed by atoms with E-state index in [4.69, 9.17) is 1.37 Å². The predicted molar refractivity (Wildman–Crippen MR) is 45.4 cm³/mol. The van der Waals surface area contributed by atoms with E-state index in [-0.39, 0.29) is 0 Å². The van der Waals surface area contributed by atoms with Gasteiger partial charge in [0.1, 0.15) is 6.29 Å². The van der Waals surface area contributed by atoms with Gasteiger partial charge in [-0.15, -0.1) is 0 Å². The summed E-state index contributed by atoms with van der Waals surface area (Å²) in [6.45, 7) is 0.459. The molecule has 0 heterocycles. The average Bonchev–Trinajstić information content (AvgIpc) is 2.09. The molecule has 0 aliphatic carbocycles. The average molecular weight is 158 g/mol. The van der Waals surface area contributed by atoms with Crippen molar-refractivity contribution in [1.82, 2.24) is 0 Å². The molecule has 0 fully saturated rings. The second-order valence-electron chi connectivity index (χ2n) is 2.44. The first-order chi connectivity index (χ1) is 5.81. The summed E-state index contributed by atoms with van der Waals surface area (Å²) in [6.07, 6.45) is 6.45. The van der Waals surface area contributed by atoms with E-state index in [1.54, 1.807) is 0 Å². The normalized spacial score (nSPS) is 14.8. The highest BCUT2D eigenvalue weighted by Crippen LogP contribution is 2.03. The molecule has 0 aromatic carbocycles. The van der Waals surface area contributed by atoms with Crippen LogP contribution in [0, 0.1) is 0 Å². The molecule has 1 atom stereocenters. The smallest absolute Gasteiger partial charge is 0.142 e. The molecule has 64 valence electrons.